The van der Waals surface area contributed by atoms with E-state index in [4.69, 9.17) is 4.52 Å². The molecule has 0 spiro atoms. The van der Waals surface area contributed by atoms with Gasteiger partial charge in [0, 0.05) is 18.0 Å². The highest BCUT2D eigenvalue weighted by atomic mass is 16.5. The zero-order chi connectivity index (χ0) is 14.8. The number of rotatable bonds is 3. The normalized spacial score (nSPS) is 11.4. The molecule has 1 heterocycles. The lowest BCUT2D eigenvalue weighted by Gasteiger charge is -2.33. The molecular formula is C15H19N3O2. The number of carbonyl (C=O) groups excluding carboxylic acids is 1. The van der Waals surface area contributed by atoms with Gasteiger partial charge < -0.3 is 9.42 Å². The van der Waals surface area contributed by atoms with Gasteiger partial charge in [-0.05, 0) is 20.8 Å². The van der Waals surface area contributed by atoms with Crippen LogP contribution in [0.25, 0.3) is 11.4 Å². The summed E-state index contributed by atoms with van der Waals surface area (Å²) in [5.74, 6) is 0.962. The van der Waals surface area contributed by atoms with E-state index < -0.39 is 0 Å². The van der Waals surface area contributed by atoms with Gasteiger partial charge >= 0.3 is 0 Å². The first-order valence-corrected chi connectivity index (χ1v) is 6.54. The molecule has 0 saturated heterocycles. The van der Waals surface area contributed by atoms with E-state index in [0.29, 0.717) is 18.3 Å². The van der Waals surface area contributed by atoms with Crippen LogP contribution in [0.3, 0.4) is 0 Å². The number of hydrogen-bond acceptors (Lipinski definition) is 4. The second-order valence-electron chi connectivity index (χ2n) is 5.65. The van der Waals surface area contributed by atoms with Crippen LogP contribution in [0.1, 0.15) is 33.6 Å². The molecule has 20 heavy (non-hydrogen) atoms. The molecule has 1 amide bonds. The average molecular weight is 273 g/mol. The second-order valence-corrected chi connectivity index (χ2v) is 5.65. The van der Waals surface area contributed by atoms with Gasteiger partial charge in [-0.25, -0.2) is 0 Å². The van der Waals surface area contributed by atoms with E-state index in [1.807, 2.05) is 51.1 Å². The molecule has 1 aromatic carbocycles. The van der Waals surface area contributed by atoms with Crippen LogP contribution in [-0.4, -0.2) is 26.5 Å². The van der Waals surface area contributed by atoms with Crippen LogP contribution in [0.2, 0.25) is 0 Å². The van der Waals surface area contributed by atoms with Gasteiger partial charge in [0.05, 0.1) is 0 Å². The Morgan fingerprint density at radius 3 is 2.45 bits per heavy atom. The van der Waals surface area contributed by atoms with Crippen molar-refractivity contribution in [2.45, 2.75) is 39.8 Å². The first-order chi connectivity index (χ1) is 9.38. The summed E-state index contributed by atoms with van der Waals surface area (Å²) in [6.07, 6.45) is 0. The van der Waals surface area contributed by atoms with Crippen LogP contribution in [0.15, 0.2) is 34.9 Å². The number of benzene rings is 1. The fourth-order valence-electron chi connectivity index (χ4n) is 1.98. The molecule has 0 aliphatic carbocycles. The van der Waals surface area contributed by atoms with Crippen LogP contribution in [-0.2, 0) is 11.3 Å². The lowest BCUT2D eigenvalue weighted by molar-refractivity contribution is -0.134. The van der Waals surface area contributed by atoms with E-state index in [-0.39, 0.29) is 11.4 Å². The number of carbonyl (C=O) groups is 1. The summed E-state index contributed by atoms with van der Waals surface area (Å²) in [5, 5.41) is 3.96. The van der Waals surface area contributed by atoms with Gasteiger partial charge in [-0.2, -0.15) is 4.98 Å². The summed E-state index contributed by atoms with van der Waals surface area (Å²) in [7, 11) is 0. The molecule has 5 nitrogen and oxygen atoms in total. The summed E-state index contributed by atoms with van der Waals surface area (Å²) >= 11 is 0. The van der Waals surface area contributed by atoms with Gasteiger partial charge in [0.15, 0.2) is 0 Å². The van der Waals surface area contributed by atoms with Crippen molar-refractivity contribution in [1.82, 2.24) is 15.0 Å². The largest absolute Gasteiger partial charge is 0.337 e. The maximum atomic E-state index is 11.7. The summed E-state index contributed by atoms with van der Waals surface area (Å²) in [5.41, 5.74) is 0.611. The summed E-state index contributed by atoms with van der Waals surface area (Å²) in [6.45, 7) is 7.78. The van der Waals surface area contributed by atoms with Crippen LogP contribution in [0.5, 0.6) is 0 Å². The van der Waals surface area contributed by atoms with Crippen molar-refractivity contribution in [3.63, 3.8) is 0 Å². The van der Waals surface area contributed by atoms with Gasteiger partial charge in [0.1, 0.15) is 6.54 Å². The van der Waals surface area contributed by atoms with E-state index in [2.05, 4.69) is 10.1 Å². The maximum absolute atomic E-state index is 11.7. The fraction of sp³-hybridized carbons (Fsp3) is 0.400. The highest BCUT2D eigenvalue weighted by Crippen LogP contribution is 2.19. The van der Waals surface area contributed by atoms with Crippen LogP contribution in [0.4, 0.5) is 0 Å². The fourth-order valence-corrected chi connectivity index (χ4v) is 1.98. The van der Waals surface area contributed by atoms with Crippen molar-refractivity contribution in [2.24, 2.45) is 0 Å². The van der Waals surface area contributed by atoms with E-state index in [9.17, 15) is 4.79 Å². The zero-order valence-electron chi connectivity index (χ0n) is 12.3. The van der Waals surface area contributed by atoms with E-state index >= 15 is 0 Å². The van der Waals surface area contributed by atoms with Gasteiger partial charge in [-0.15, -0.1) is 0 Å². The Morgan fingerprint density at radius 2 is 1.90 bits per heavy atom. The monoisotopic (exact) mass is 273 g/mol. The molecule has 0 N–H and O–H groups in total. The minimum atomic E-state index is -0.285. The highest BCUT2D eigenvalue weighted by molar-refractivity contribution is 5.74. The quantitative estimate of drug-likeness (QED) is 0.862. The van der Waals surface area contributed by atoms with Crippen molar-refractivity contribution in [1.29, 1.82) is 0 Å². The Balaban J connectivity index is 2.19. The molecule has 1 aromatic heterocycles. The molecule has 5 heteroatoms. The predicted molar refractivity (Wildman–Crippen MR) is 75.7 cm³/mol. The van der Waals surface area contributed by atoms with Gasteiger partial charge in [0.25, 0.3) is 0 Å². The minimum Gasteiger partial charge on any atom is -0.337 e. The van der Waals surface area contributed by atoms with Crippen molar-refractivity contribution in [3.8, 4) is 11.4 Å². The van der Waals surface area contributed by atoms with Crippen LogP contribution >= 0.6 is 0 Å². The third-order valence-electron chi connectivity index (χ3n) is 2.98. The summed E-state index contributed by atoms with van der Waals surface area (Å²) < 4.78 is 5.24. The molecule has 0 aliphatic heterocycles. The zero-order valence-corrected chi connectivity index (χ0v) is 12.3. The first-order valence-electron chi connectivity index (χ1n) is 6.54. The van der Waals surface area contributed by atoms with Crippen molar-refractivity contribution < 1.29 is 9.32 Å². The Morgan fingerprint density at radius 1 is 1.25 bits per heavy atom. The molecule has 0 radical (unpaired) electrons. The smallest absolute Gasteiger partial charge is 0.246 e. The van der Waals surface area contributed by atoms with E-state index in [1.54, 1.807) is 11.8 Å². The van der Waals surface area contributed by atoms with Crippen molar-refractivity contribution in [3.05, 3.63) is 36.2 Å². The standard InChI is InChI=1S/C15H19N3O2/c1-11(19)18(15(2,3)4)10-13-16-14(17-20-13)12-8-6-5-7-9-12/h5-9H,10H2,1-4H3. The minimum absolute atomic E-state index is 0.0167. The number of nitrogens with zero attached hydrogens (tertiary/aromatic N) is 3. The van der Waals surface area contributed by atoms with E-state index in [1.165, 1.54) is 0 Å². The Labute approximate surface area is 118 Å². The molecule has 2 rings (SSSR count). The van der Waals surface area contributed by atoms with Gasteiger partial charge in [0.2, 0.25) is 17.6 Å². The lowest BCUT2D eigenvalue weighted by atomic mass is 10.1. The maximum Gasteiger partial charge on any atom is 0.246 e. The van der Waals surface area contributed by atoms with Crippen LogP contribution < -0.4 is 0 Å². The molecule has 0 fully saturated rings. The SMILES string of the molecule is CC(=O)N(Cc1nc(-c2ccccc2)no1)C(C)(C)C. The molecule has 0 bridgehead atoms. The predicted octanol–water partition coefficient (Wildman–Crippen LogP) is 2.88. The third-order valence-corrected chi connectivity index (χ3v) is 2.98. The Bertz CT molecular complexity index is 585. The van der Waals surface area contributed by atoms with E-state index in [0.717, 1.165) is 5.56 Å². The average Bonchev–Trinajstić information content (AvgIpc) is 2.84. The summed E-state index contributed by atoms with van der Waals surface area (Å²) in [6, 6.07) is 9.61. The summed E-state index contributed by atoms with van der Waals surface area (Å²) in [4.78, 5) is 17.8. The Hall–Kier alpha value is -2.17. The molecule has 0 unspecified atom stereocenters. The molecular weight excluding hydrogens is 254 g/mol. The second kappa shape index (κ2) is 5.45. The van der Waals surface area contributed by atoms with Crippen molar-refractivity contribution in [2.75, 3.05) is 0 Å². The van der Waals surface area contributed by atoms with Crippen molar-refractivity contribution >= 4 is 5.91 Å². The topological polar surface area (TPSA) is 59.2 Å². The van der Waals surface area contributed by atoms with Gasteiger partial charge in [-0.1, -0.05) is 35.5 Å². The highest BCUT2D eigenvalue weighted by Gasteiger charge is 2.26. The van der Waals surface area contributed by atoms with Crippen LogP contribution in [0, 0.1) is 0 Å². The number of aromatic nitrogens is 2. The van der Waals surface area contributed by atoms with Gasteiger partial charge in [-0.3, -0.25) is 4.79 Å². The number of amides is 1. The molecule has 106 valence electrons. The molecule has 0 saturated carbocycles. The molecule has 2 aromatic rings. The first kappa shape index (κ1) is 14.2. The third kappa shape index (κ3) is 3.23. The lowest BCUT2D eigenvalue weighted by Crippen LogP contribution is -2.43. The molecule has 0 aliphatic rings. The number of hydrogen-bond donors (Lipinski definition) is 0. The molecule has 0 atom stereocenters. The Kier molecular flexibility index (Phi) is 3.88.